The van der Waals surface area contributed by atoms with Crippen molar-refractivity contribution in [1.29, 1.82) is 0 Å². The molecule has 0 bridgehead atoms. The van der Waals surface area contributed by atoms with Crippen molar-refractivity contribution < 1.29 is 0 Å². The van der Waals surface area contributed by atoms with Crippen LogP contribution in [0, 0.1) is 0 Å². The van der Waals surface area contributed by atoms with Crippen LogP contribution in [0.25, 0.3) is 32.7 Å². The SMILES string of the molecule is C[S+]1Cc2ccc3ccccc3c2-c2c(ccc3ccccc23)C1.c1ccc([B-](c2ccccc2)(c2ccccc2)c2ccccc2)cc1. The Bertz CT molecular complexity index is 2080. The van der Waals surface area contributed by atoms with Crippen molar-refractivity contribution in [2.75, 3.05) is 6.26 Å². The summed E-state index contributed by atoms with van der Waals surface area (Å²) in [5.41, 5.74) is 11.3. The van der Waals surface area contributed by atoms with Gasteiger partial charge in [-0.25, -0.2) is 0 Å². The summed E-state index contributed by atoms with van der Waals surface area (Å²) in [6.45, 7) is 0. The maximum atomic E-state index is 2.41. The lowest BCUT2D eigenvalue weighted by Gasteiger charge is -2.44. The minimum Gasteiger partial charge on any atom is -0.195 e. The number of rotatable bonds is 4. The maximum absolute atomic E-state index is 2.41. The molecule has 0 N–H and O–H groups in total. The minimum absolute atomic E-state index is 0.384. The van der Waals surface area contributed by atoms with Crippen LogP contribution in [-0.4, -0.2) is 12.4 Å². The lowest BCUT2D eigenvalue weighted by molar-refractivity contribution is 1.41. The van der Waals surface area contributed by atoms with Crippen molar-refractivity contribution in [3.05, 3.63) is 205 Å². The summed E-state index contributed by atoms with van der Waals surface area (Å²) >= 11 is 0. The van der Waals surface area contributed by atoms with Crippen molar-refractivity contribution in [2.24, 2.45) is 0 Å². The van der Waals surface area contributed by atoms with Gasteiger partial charge < -0.3 is 0 Å². The first-order valence-electron chi connectivity index (χ1n) is 17.2. The van der Waals surface area contributed by atoms with Gasteiger partial charge in [0.1, 0.15) is 17.7 Å². The molecule has 0 aliphatic carbocycles. The molecule has 0 spiro atoms. The quantitative estimate of drug-likeness (QED) is 0.132. The van der Waals surface area contributed by atoms with Gasteiger partial charge in [0.15, 0.2) is 0 Å². The fourth-order valence-electron chi connectivity index (χ4n) is 8.17. The van der Waals surface area contributed by atoms with Gasteiger partial charge in [-0.05, 0) is 43.6 Å². The van der Waals surface area contributed by atoms with E-state index >= 15 is 0 Å². The zero-order valence-electron chi connectivity index (χ0n) is 27.9. The third-order valence-electron chi connectivity index (χ3n) is 10.3. The molecule has 1 heterocycles. The van der Waals surface area contributed by atoms with Crippen molar-refractivity contribution >= 4 is 60.4 Å². The predicted octanol–water partition coefficient (Wildman–Crippen LogP) is 8.99. The zero-order chi connectivity index (χ0) is 33.0. The third kappa shape index (κ3) is 5.77. The second-order valence-corrected chi connectivity index (χ2v) is 15.4. The summed E-state index contributed by atoms with van der Waals surface area (Å²) in [5.74, 6) is 2.37. The number of fused-ring (bicyclic) bond motifs is 7. The van der Waals surface area contributed by atoms with Gasteiger partial charge in [-0.15, -0.1) is 0 Å². The van der Waals surface area contributed by atoms with Crippen LogP contribution < -0.4 is 21.9 Å². The molecule has 8 aromatic carbocycles. The highest BCUT2D eigenvalue weighted by Gasteiger charge is 2.31. The van der Waals surface area contributed by atoms with Crippen molar-refractivity contribution in [3.8, 4) is 11.1 Å². The van der Waals surface area contributed by atoms with Crippen LogP contribution in [0.1, 0.15) is 11.1 Å². The molecule has 0 unspecified atom stereocenters. The van der Waals surface area contributed by atoms with E-state index in [1.165, 1.54) is 77.2 Å². The van der Waals surface area contributed by atoms with Gasteiger partial charge in [-0.1, -0.05) is 194 Å². The Morgan fingerprint density at radius 2 is 0.653 bits per heavy atom. The first-order chi connectivity index (χ1) is 24.2. The average Bonchev–Trinajstić information content (AvgIpc) is 3.33. The van der Waals surface area contributed by atoms with E-state index in [0.29, 0.717) is 10.9 Å². The number of hydrogen-bond acceptors (Lipinski definition) is 0. The monoisotopic (exact) mass is 646 g/mol. The molecule has 1 aliphatic rings. The first-order valence-corrected chi connectivity index (χ1v) is 19.2. The molecule has 1 aliphatic heterocycles. The van der Waals surface area contributed by atoms with Crippen LogP contribution in [0.5, 0.6) is 0 Å². The van der Waals surface area contributed by atoms with Crippen molar-refractivity contribution in [3.63, 3.8) is 0 Å². The molecule has 0 radical (unpaired) electrons. The van der Waals surface area contributed by atoms with Gasteiger partial charge in [0.2, 0.25) is 0 Å². The van der Waals surface area contributed by atoms with E-state index in [-0.39, 0.29) is 0 Å². The maximum Gasteiger partial charge on any atom is 0.133 e. The normalized spacial score (nSPS) is 12.8. The van der Waals surface area contributed by atoms with E-state index < -0.39 is 6.15 Å². The average molecular weight is 647 g/mol. The molecule has 0 atom stereocenters. The Labute approximate surface area is 293 Å². The summed E-state index contributed by atoms with van der Waals surface area (Å²) < 4.78 is 0. The van der Waals surface area contributed by atoms with E-state index in [9.17, 15) is 0 Å². The molecule has 0 nitrogen and oxygen atoms in total. The molecule has 9 rings (SSSR count). The molecule has 0 amide bonds. The van der Waals surface area contributed by atoms with Gasteiger partial charge in [0, 0.05) is 11.1 Å². The molecule has 2 heteroatoms. The van der Waals surface area contributed by atoms with Crippen LogP contribution in [-0.2, 0) is 22.4 Å². The van der Waals surface area contributed by atoms with Gasteiger partial charge in [0.05, 0.1) is 6.26 Å². The first kappa shape index (κ1) is 31.0. The Morgan fingerprint density at radius 1 is 0.347 bits per heavy atom. The number of hydrogen-bond donors (Lipinski definition) is 0. The molecule has 49 heavy (non-hydrogen) atoms. The van der Waals surface area contributed by atoms with E-state index in [4.69, 9.17) is 0 Å². The lowest BCUT2D eigenvalue weighted by atomic mass is 9.13. The summed E-state index contributed by atoms with van der Waals surface area (Å²) in [4.78, 5) is 0. The van der Waals surface area contributed by atoms with Crippen molar-refractivity contribution in [2.45, 2.75) is 11.5 Å². The van der Waals surface area contributed by atoms with Gasteiger partial charge in [-0.2, -0.15) is 21.9 Å². The highest BCUT2D eigenvalue weighted by atomic mass is 32.2. The standard InChI is InChI=1S/C24H20B.C23H19S/c1-5-13-21(14-6-1)25(22-15-7-2-8-16-22,23-17-9-3-10-18-23)24-19-11-4-12-20-24;1-24-14-18-12-10-16-6-2-4-8-20(16)22(18)23-19(15-24)13-11-17-7-3-5-9-21(17)23/h1-20H;2-13H,14-15H2,1H3/q-1;+1. The van der Waals surface area contributed by atoms with Crippen LogP contribution in [0.4, 0.5) is 0 Å². The Morgan fingerprint density at radius 3 is 1.00 bits per heavy atom. The smallest absolute Gasteiger partial charge is 0.133 e. The highest BCUT2D eigenvalue weighted by Crippen LogP contribution is 2.42. The topological polar surface area (TPSA) is 0 Å². The Balaban J connectivity index is 0.000000142. The summed E-state index contributed by atoms with van der Waals surface area (Å²) in [6, 6.07) is 70.5. The largest absolute Gasteiger partial charge is 0.195 e. The second kappa shape index (κ2) is 13.7. The molecule has 0 aromatic heterocycles. The zero-order valence-corrected chi connectivity index (χ0v) is 28.7. The van der Waals surface area contributed by atoms with Gasteiger partial charge in [0.25, 0.3) is 0 Å². The lowest BCUT2D eigenvalue weighted by Crippen LogP contribution is -2.74. The number of benzene rings is 8. The van der Waals surface area contributed by atoms with Gasteiger partial charge in [-0.3, -0.25) is 0 Å². The van der Waals surface area contributed by atoms with Crippen LogP contribution in [0.2, 0.25) is 0 Å². The van der Waals surface area contributed by atoms with E-state index in [2.05, 4.69) is 200 Å². The summed E-state index contributed by atoms with van der Waals surface area (Å²) in [6.07, 6.45) is 1.19. The van der Waals surface area contributed by atoms with Gasteiger partial charge >= 0.3 is 0 Å². The fraction of sp³-hybridized carbons (Fsp3) is 0.0638. The van der Waals surface area contributed by atoms with E-state index in [1.807, 2.05) is 0 Å². The van der Waals surface area contributed by atoms with E-state index in [1.54, 1.807) is 0 Å². The highest BCUT2D eigenvalue weighted by molar-refractivity contribution is 7.94. The predicted molar refractivity (Wildman–Crippen MR) is 218 cm³/mol. The molecule has 0 saturated heterocycles. The summed E-state index contributed by atoms with van der Waals surface area (Å²) in [7, 11) is 0.384. The van der Waals surface area contributed by atoms with Crippen LogP contribution in [0.3, 0.4) is 0 Å². The van der Waals surface area contributed by atoms with Crippen molar-refractivity contribution in [1.82, 2.24) is 0 Å². The third-order valence-corrected chi connectivity index (χ3v) is 11.9. The van der Waals surface area contributed by atoms with E-state index in [0.717, 1.165) is 0 Å². The Kier molecular flexibility index (Phi) is 8.64. The molecule has 8 aromatic rings. The van der Waals surface area contributed by atoms with Crippen LogP contribution >= 0.6 is 0 Å². The Hall–Kier alpha value is -5.31. The molecular weight excluding hydrogens is 607 g/mol. The second-order valence-electron chi connectivity index (χ2n) is 13.2. The fourth-order valence-corrected chi connectivity index (χ4v) is 9.81. The summed E-state index contributed by atoms with van der Waals surface area (Å²) in [5, 5.41) is 5.47. The molecular formula is C47H39BS. The molecule has 0 saturated carbocycles. The molecule has 0 fully saturated rings. The van der Waals surface area contributed by atoms with Crippen LogP contribution in [0.15, 0.2) is 194 Å². The minimum atomic E-state index is -1.22. The molecule has 236 valence electrons.